The standard InChI is InChI=1S/C17H18BrFN2O/c1-21(2)11-13-5-3-12(4-6-13)10-20-17(22)15-8-7-14(18)9-16(15)19/h3-9H,10-11H2,1-2H3,(H,20,22). The van der Waals surface area contributed by atoms with Crippen LogP contribution in [0.4, 0.5) is 4.39 Å². The van der Waals surface area contributed by atoms with Gasteiger partial charge in [-0.1, -0.05) is 40.2 Å². The summed E-state index contributed by atoms with van der Waals surface area (Å²) in [6.45, 7) is 1.24. The molecule has 116 valence electrons. The number of nitrogens with one attached hydrogen (secondary N) is 1. The zero-order chi connectivity index (χ0) is 16.1. The largest absolute Gasteiger partial charge is 0.348 e. The summed E-state index contributed by atoms with van der Waals surface area (Å²) in [4.78, 5) is 14.1. The molecule has 0 saturated heterocycles. The van der Waals surface area contributed by atoms with Gasteiger partial charge in [0.05, 0.1) is 5.56 Å². The lowest BCUT2D eigenvalue weighted by molar-refractivity contribution is 0.0947. The van der Waals surface area contributed by atoms with E-state index in [1.165, 1.54) is 17.7 Å². The molecule has 0 fully saturated rings. The molecule has 1 amide bonds. The molecule has 0 saturated carbocycles. The van der Waals surface area contributed by atoms with Gasteiger partial charge in [0.15, 0.2) is 0 Å². The van der Waals surface area contributed by atoms with Crippen LogP contribution in [0.5, 0.6) is 0 Å². The third-order valence-electron chi connectivity index (χ3n) is 3.15. The monoisotopic (exact) mass is 364 g/mol. The highest BCUT2D eigenvalue weighted by Crippen LogP contribution is 2.15. The Morgan fingerprint density at radius 2 is 1.77 bits per heavy atom. The van der Waals surface area contributed by atoms with Crippen molar-refractivity contribution >= 4 is 21.8 Å². The number of rotatable bonds is 5. The van der Waals surface area contributed by atoms with Crippen LogP contribution < -0.4 is 5.32 Å². The first kappa shape index (κ1) is 16.6. The summed E-state index contributed by atoms with van der Waals surface area (Å²) in [5.41, 5.74) is 2.24. The van der Waals surface area contributed by atoms with Gasteiger partial charge in [-0.25, -0.2) is 4.39 Å². The molecular formula is C17H18BrFN2O. The minimum atomic E-state index is -0.534. The molecule has 0 aromatic heterocycles. The average Bonchev–Trinajstić information content (AvgIpc) is 2.45. The number of hydrogen-bond donors (Lipinski definition) is 1. The Morgan fingerprint density at radius 1 is 1.14 bits per heavy atom. The Balaban J connectivity index is 1.96. The van der Waals surface area contributed by atoms with Gasteiger partial charge in [-0.15, -0.1) is 0 Å². The highest BCUT2D eigenvalue weighted by Gasteiger charge is 2.11. The van der Waals surface area contributed by atoms with Gasteiger partial charge in [0.1, 0.15) is 5.82 Å². The van der Waals surface area contributed by atoms with Gasteiger partial charge in [-0.05, 0) is 43.4 Å². The van der Waals surface area contributed by atoms with E-state index in [2.05, 4.69) is 26.1 Å². The molecule has 0 unspecified atom stereocenters. The Hall–Kier alpha value is -1.72. The average molecular weight is 365 g/mol. The van der Waals surface area contributed by atoms with Gasteiger partial charge in [0.2, 0.25) is 0 Å². The Bertz CT molecular complexity index is 656. The maximum Gasteiger partial charge on any atom is 0.254 e. The summed E-state index contributed by atoms with van der Waals surface area (Å²) >= 11 is 3.17. The van der Waals surface area contributed by atoms with Gasteiger partial charge in [0.25, 0.3) is 5.91 Å². The van der Waals surface area contributed by atoms with Gasteiger partial charge < -0.3 is 10.2 Å². The number of hydrogen-bond acceptors (Lipinski definition) is 2. The molecule has 0 spiro atoms. The zero-order valence-electron chi connectivity index (χ0n) is 12.6. The van der Waals surface area contributed by atoms with Crippen molar-refractivity contribution in [3.8, 4) is 0 Å². The summed E-state index contributed by atoms with van der Waals surface area (Å²) in [7, 11) is 4.03. The van der Waals surface area contributed by atoms with Crippen LogP contribution in [0.1, 0.15) is 21.5 Å². The molecule has 2 rings (SSSR count). The molecule has 22 heavy (non-hydrogen) atoms. The van der Waals surface area contributed by atoms with Crippen LogP contribution in [0.15, 0.2) is 46.9 Å². The zero-order valence-corrected chi connectivity index (χ0v) is 14.2. The van der Waals surface area contributed by atoms with E-state index >= 15 is 0 Å². The molecular weight excluding hydrogens is 347 g/mol. The summed E-state index contributed by atoms with van der Waals surface area (Å²) in [5.74, 6) is -0.949. The highest BCUT2D eigenvalue weighted by atomic mass is 79.9. The van der Waals surface area contributed by atoms with Crippen molar-refractivity contribution in [1.82, 2.24) is 10.2 Å². The van der Waals surface area contributed by atoms with E-state index in [1.807, 2.05) is 38.4 Å². The van der Waals surface area contributed by atoms with Crippen molar-refractivity contribution in [3.05, 3.63) is 69.4 Å². The van der Waals surface area contributed by atoms with E-state index in [9.17, 15) is 9.18 Å². The first-order valence-electron chi connectivity index (χ1n) is 6.91. The predicted molar refractivity (Wildman–Crippen MR) is 89.1 cm³/mol. The molecule has 0 aliphatic carbocycles. The number of carbonyl (C=O) groups is 1. The number of nitrogens with zero attached hydrogens (tertiary/aromatic N) is 1. The summed E-state index contributed by atoms with van der Waals surface area (Å²) in [5, 5.41) is 2.73. The molecule has 0 aliphatic heterocycles. The molecule has 1 N–H and O–H groups in total. The molecule has 3 nitrogen and oxygen atoms in total. The first-order chi connectivity index (χ1) is 10.5. The second-order valence-electron chi connectivity index (χ2n) is 5.36. The third-order valence-corrected chi connectivity index (χ3v) is 3.64. The quantitative estimate of drug-likeness (QED) is 0.879. The SMILES string of the molecule is CN(C)Cc1ccc(CNC(=O)c2ccc(Br)cc2F)cc1. The summed E-state index contributed by atoms with van der Waals surface area (Å²) in [6, 6.07) is 12.4. The molecule has 0 bridgehead atoms. The minimum Gasteiger partial charge on any atom is -0.348 e. The fourth-order valence-corrected chi connectivity index (χ4v) is 2.41. The van der Waals surface area contributed by atoms with Crippen molar-refractivity contribution in [2.45, 2.75) is 13.1 Å². The maximum absolute atomic E-state index is 13.7. The van der Waals surface area contributed by atoms with E-state index in [0.717, 1.165) is 12.1 Å². The molecule has 0 heterocycles. The predicted octanol–water partition coefficient (Wildman–Crippen LogP) is 3.58. The normalized spacial score (nSPS) is 10.8. The smallest absolute Gasteiger partial charge is 0.254 e. The van der Waals surface area contributed by atoms with Crippen LogP contribution in [0.3, 0.4) is 0 Å². The Kier molecular flexibility index (Phi) is 5.69. The Morgan fingerprint density at radius 3 is 2.36 bits per heavy atom. The van der Waals surface area contributed by atoms with Crippen LogP contribution in [0, 0.1) is 5.82 Å². The van der Waals surface area contributed by atoms with Crippen molar-refractivity contribution < 1.29 is 9.18 Å². The molecule has 2 aromatic rings. The van der Waals surface area contributed by atoms with E-state index in [-0.39, 0.29) is 5.56 Å². The number of carbonyl (C=O) groups excluding carboxylic acids is 1. The fourth-order valence-electron chi connectivity index (χ4n) is 2.08. The van der Waals surface area contributed by atoms with Crippen molar-refractivity contribution in [2.75, 3.05) is 14.1 Å². The van der Waals surface area contributed by atoms with Crippen molar-refractivity contribution in [2.24, 2.45) is 0 Å². The minimum absolute atomic E-state index is 0.0485. The van der Waals surface area contributed by atoms with Crippen LogP contribution in [0.25, 0.3) is 0 Å². The molecule has 0 aliphatic rings. The van der Waals surface area contributed by atoms with Crippen LogP contribution in [0.2, 0.25) is 0 Å². The summed E-state index contributed by atoms with van der Waals surface area (Å²) < 4.78 is 14.3. The number of halogens is 2. The number of benzene rings is 2. The van der Waals surface area contributed by atoms with E-state index in [0.29, 0.717) is 11.0 Å². The lowest BCUT2D eigenvalue weighted by Gasteiger charge is -2.10. The lowest BCUT2D eigenvalue weighted by Crippen LogP contribution is -2.23. The van der Waals surface area contributed by atoms with E-state index in [4.69, 9.17) is 0 Å². The van der Waals surface area contributed by atoms with Crippen molar-refractivity contribution in [1.29, 1.82) is 0 Å². The van der Waals surface area contributed by atoms with Crippen LogP contribution >= 0.6 is 15.9 Å². The van der Waals surface area contributed by atoms with Gasteiger partial charge in [0, 0.05) is 17.6 Å². The van der Waals surface area contributed by atoms with Gasteiger partial charge in [-0.3, -0.25) is 4.79 Å². The van der Waals surface area contributed by atoms with Crippen LogP contribution in [-0.4, -0.2) is 24.9 Å². The molecule has 0 radical (unpaired) electrons. The van der Waals surface area contributed by atoms with E-state index in [1.54, 1.807) is 6.07 Å². The lowest BCUT2D eigenvalue weighted by atomic mass is 10.1. The highest BCUT2D eigenvalue weighted by molar-refractivity contribution is 9.10. The number of amides is 1. The van der Waals surface area contributed by atoms with Gasteiger partial charge >= 0.3 is 0 Å². The molecule has 0 atom stereocenters. The van der Waals surface area contributed by atoms with Gasteiger partial charge in [-0.2, -0.15) is 0 Å². The van der Waals surface area contributed by atoms with Crippen LogP contribution in [-0.2, 0) is 13.1 Å². The third kappa shape index (κ3) is 4.64. The molecule has 5 heteroatoms. The maximum atomic E-state index is 13.7. The molecule has 2 aromatic carbocycles. The van der Waals surface area contributed by atoms with E-state index < -0.39 is 11.7 Å². The topological polar surface area (TPSA) is 32.3 Å². The Labute approximate surface area is 138 Å². The second-order valence-corrected chi connectivity index (χ2v) is 6.28. The second kappa shape index (κ2) is 7.51. The fraction of sp³-hybridized carbons (Fsp3) is 0.235. The summed E-state index contributed by atoms with van der Waals surface area (Å²) in [6.07, 6.45) is 0. The first-order valence-corrected chi connectivity index (χ1v) is 7.71. The van der Waals surface area contributed by atoms with Crippen molar-refractivity contribution in [3.63, 3.8) is 0 Å².